The molecule has 0 bridgehead atoms. The van der Waals surface area contributed by atoms with Crippen LogP contribution in [0.4, 0.5) is 5.69 Å². The van der Waals surface area contributed by atoms with Crippen LogP contribution in [0, 0.1) is 0 Å². The van der Waals surface area contributed by atoms with Crippen LogP contribution in [-0.2, 0) is 24.4 Å². The minimum atomic E-state index is -0.174. The summed E-state index contributed by atoms with van der Waals surface area (Å²) < 4.78 is 12.3. The molecule has 198 valence electrons. The highest BCUT2D eigenvalue weighted by Crippen LogP contribution is 2.35. The van der Waals surface area contributed by atoms with E-state index in [1.807, 2.05) is 89.8 Å². The minimum absolute atomic E-state index is 0.118. The van der Waals surface area contributed by atoms with Crippen LogP contribution >= 0.6 is 0 Å². The van der Waals surface area contributed by atoms with Gasteiger partial charge in [0.15, 0.2) is 0 Å². The summed E-state index contributed by atoms with van der Waals surface area (Å²) in [6.07, 6.45) is 1.59. The lowest BCUT2D eigenvalue weighted by Gasteiger charge is -2.37. The van der Waals surface area contributed by atoms with E-state index in [4.69, 9.17) is 9.47 Å². The van der Waals surface area contributed by atoms with E-state index < -0.39 is 0 Å². The number of aryl methyl sites for hydroxylation is 1. The van der Waals surface area contributed by atoms with Gasteiger partial charge in [0.2, 0.25) is 5.91 Å². The SMILES string of the molecule is CC(=O)NCC1CCc2ccccc2N1C(=O)c1ccc(OCc2ccccc2)cc1OCc1ccccc1. The van der Waals surface area contributed by atoms with Crippen molar-refractivity contribution in [2.24, 2.45) is 0 Å². The molecule has 0 spiro atoms. The Balaban J connectivity index is 1.46. The molecule has 1 atom stereocenters. The molecule has 5 rings (SSSR count). The molecule has 1 aliphatic rings. The lowest BCUT2D eigenvalue weighted by molar-refractivity contribution is -0.119. The Hall–Kier alpha value is -4.58. The molecule has 4 aromatic rings. The van der Waals surface area contributed by atoms with Crippen molar-refractivity contribution in [3.8, 4) is 11.5 Å². The number of benzene rings is 4. The summed E-state index contributed by atoms with van der Waals surface area (Å²) in [5.74, 6) is 0.784. The van der Waals surface area contributed by atoms with E-state index in [1.54, 1.807) is 12.1 Å². The zero-order chi connectivity index (χ0) is 27.0. The quantitative estimate of drug-likeness (QED) is 0.297. The normalized spacial score (nSPS) is 14.3. The monoisotopic (exact) mass is 520 g/mol. The van der Waals surface area contributed by atoms with Crippen LogP contribution in [0.2, 0.25) is 0 Å². The van der Waals surface area contributed by atoms with Crippen molar-refractivity contribution in [2.75, 3.05) is 11.4 Å². The van der Waals surface area contributed by atoms with E-state index >= 15 is 0 Å². The fraction of sp³-hybridized carbons (Fsp3) is 0.212. The van der Waals surface area contributed by atoms with E-state index in [-0.39, 0.29) is 17.9 Å². The second-order valence-corrected chi connectivity index (χ2v) is 9.64. The van der Waals surface area contributed by atoms with Crippen molar-refractivity contribution < 1.29 is 19.1 Å². The van der Waals surface area contributed by atoms with Crippen LogP contribution in [0.25, 0.3) is 0 Å². The third-order valence-electron chi connectivity index (χ3n) is 6.84. The van der Waals surface area contributed by atoms with E-state index in [9.17, 15) is 9.59 Å². The number of carbonyl (C=O) groups excluding carboxylic acids is 2. The van der Waals surface area contributed by atoms with Crippen LogP contribution in [0.15, 0.2) is 103 Å². The summed E-state index contributed by atoms with van der Waals surface area (Å²) in [7, 11) is 0. The largest absolute Gasteiger partial charge is 0.489 e. The van der Waals surface area contributed by atoms with Gasteiger partial charge in [-0.15, -0.1) is 0 Å². The highest BCUT2D eigenvalue weighted by Gasteiger charge is 2.33. The highest BCUT2D eigenvalue weighted by molar-refractivity contribution is 6.09. The zero-order valence-electron chi connectivity index (χ0n) is 22.0. The smallest absolute Gasteiger partial charge is 0.262 e. The molecule has 0 saturated heterocycles. The number of fused-ring (bicyclic) bond motifs is 1. The molecule has 1 aliphatic heterocycles. The molecule has 6 nitrogen and oxygen atoms in total. The molecule has 0 aliphatic carbocycles. The number of nitrogens with one attached hydrogen (secondary N) is 1. The molecular formula is C33H32N2O4. The lowest BCUT2D eigenvalue weighted by atomic mass is 9.94. The van der Waals surface area contributed by atoms with E-state index in [0.29, 0.717) is 36.8 Å². The molecule has 0 fully saturated rings. The fourth-order valence-electron chi connectivity index (χ4n) is 4.83. The summed E-state index contributed by atoms with van der Waals surface area (Å²) >= 11 is 0. The number of amides is 2. The number of hydrogen-bond acceptors (Lipinski definition) is 4. The van der Waals surface area contributed by atoms with Gasteiger partial charge in [-0.05, 0) is 47.7 Å². The maximum absolute atomic E-state index is 14.2. The van der Waals surface area contributed by atoms with Crippen molar-refractivity contribution in [1.29, 1.82) is 0 Å². The molecular weight excluding hydrogens is 488 g/mol. The van der Waals surface area contributed by atoms with Gasteiger partial charge in [-0.1, -0.05) is 78.9 Å². The van der Waals surface area contributed by atoms with Crippen molar-refractivity contribution >= 4 is 17.5 Å². The van der Waals surface area contributed by atoms with Crippen LogP contribution in [-0.4, -0.2) is 24.4 Å². The number of carbonyl (C=O) groups is 2. The summed E-state index contributed by atoms with van der Waals surface area (Å²) in [6.45, 7) is 2.60. The lowest BCUT2D eigenvalue weighted by Crippen LogP contribution is -2.49. The molecule has 2 amide bonds. The molecule has 1 unspecified atom stereocenters. The number of ether oxygens (including phenoxy) is 2. The van der Waals surface area contributed by atoms with Crippen LogP contribution in [0.1, 0.15) is 40.4 Å². The summed E-state index contributed by atoms with van der Waals surface area (Å²) in [4.78, 5) is 27.7. The van der Waals surface area contributed by atoms with Gasteiger partial charge in [0, 0.05) is 25.2 Å². The topological polar surface area (TPSA) is 67.9 Å². The molecule has 0 saturated carbocycles. The first-order valence-corrected chi connectivity index (χ1v) is 13.2. The Kier molecular flexibility index (Phi) is 8.22. The Morgan fingerprint density at radius 1 is 0.821 bits per heavy atom. The standard InChI is InChI=1S/C33H32N2O4/c1-24(36)34-21-28-17-16-27-14-8-9-15-31(27)35(28)33(37)30-19-18-29(38-22-25-10-4-2-5-11-25)20-32(30)39-23-26-12-6-3-7-13-26/h2-15,18-20,28H,16-17,21-23H2,1H3,(H,34,36). The molecule has 1 heterocycles. The number of nitrogens with zero attached hydrogens (tertiary/aromatic N) is 1. The number of anilines is 1. The average molecular weight is 521 g/mol. The van der Waals surface area contributed by atoms with Crippen molar-refractivity contribution in [3.05, 3.63) is 125 Å². The number of rotatable bonds is 9. The fourth-order valence-corrected chi connectivity index (χ4v) is 4.83. The predicted molar refractivity (Wildman–Crippen MR) is 152 cm³/mol. The number of para-hydroxylation sites is 1. The third kappa shape index (κ3) is 6.47. The molecule has 0 aromatic heterocycles. The Bertz CT molecular complexity index is 1420. The third-order valence-corrected chi connectivity index (χ3v) is 6.84. The van der Waals surface area contributed by atoms with Gasteiger partial charge in [-0.2, -0.15) is 0 Å². The molecule has 0 radical (unpaired) electrons. The van der Waals surface area contributed by atoms with Gasteiger partial charge in [0.1, 0.15) is 24.7 Å². The summed E-state index contributed by atoms with van der Waals surface area (Å²) in [6, 6.07) is 32.9. The molecule has 4 aromatic carbocycles. The Labute approximate surface area is 229 Å². The van der Waals surface area contributed by atoms with E-state index in [0.717, 1.165) is 35.2 Å². The maximum atomic E-state index is 14.2. The second kappa shape index (κ2) is 12.3. The van der Waals surface area contributed by atoms with E-state index in [1.165, 1.54) is 6.92 Å². The van der Waals surface area contributed by atoms with Crippen LogP contribution in [0.5, 0.6) is 11.5 Å². The zero-order valence-corrected chi connectivity index (χ0v) is 22.0. The van der Waals surface area contributed by atoms with Crippen molar-refractivity contribution in [2.45, 2.75) is 39.0 Å². The highest BCUT2D eigenvalue weighted by atomic mass is 16.5. The molecule has 39 heavy (non-hydrogen) atoms. The van der Waals surface area contributed by atoms with Crippen molar-refractivity contribution in [1.82, 2.24) is 5.32 Å². The summed E-state index contributed by atoms with van der Waals surface area (Å²) in [5.41, 5.74) is 4.47. The van der Waals surface area contributed by atoms with Crippen LogP contribution < -0.4 is 19.7 Å². The van der Waals surface area contributed by atoms with Gasteiger partial charge in [0.25, 0.3) is 5.91 Å². The van der Waals surface area contributed by atoms with Gasteiger partial charge in [0.05, 0.1) is 11.6 Å². The first-order chi connectivity index (χ1) is 19.1. The van der Waals surface area contributed by atoms with Crippen LogP contribution in [0.3, 0.4) is 0 Å². The minimum Gasteiger partial charge on any atom is -0.489 e. The molecule has 1 N–H and O–H groups in total. The Morgan fingerprint density at radius 3 is 2.15 bits per heavy atom. The first kappa shape index (κ1) is 26.0. The molecule has 6 heteroatoms. The van der Waals surface area contributed by atoms with Gasteiger partial charge >= 0.3 is 0 Å². The van der Waals surface area contributed by atoms with Gasteiger partial charge in [-0.3, -0.25) is 9.59 Å². The van der Waals surface area contributed by atoms with Crippen molar-refractivity contribution in [3.63, 3.8) is 0 Å². The maximum Gasteiger partial charge on any atom is 0.262 e. The van der Waals surface area contributed by atoms with Gasteiger partial charge < -0.3 is 19.7 Å². The Morgan fingerprint density at radius 2 is 1.46 bits per heavy atom. The predicted octanol–water partition coefficient (Wildman–Crippen LogP) is 5.94. The number of hydrogen-bond donors (Lipinski definition) is 1. The van der Waals surface area contributed by atoms with E-state index in [2.05, 4.69) is 11.4 Å². The van der Waals surface area contributed by atoms with Gasteiger partial charge in [-0.25, -0.2) is 0 Å². The summed E-state index contributed by atoms with van der Waals surface area (Å²) in [5, 5.41) is 2.90. The first-order valence-electron chi connectivity index (χ1n) is 13.2. The average Bonchev–Trinajstić information content (AvgIpc) is 2.98. The second-order valence-electron chi connectivity index (χ2n) is 9.64.